The van der Waals surface area contributed by atoms with Gasteiger partial charge < -0.3 is 0 Å². The van der Waals surface area contributed by atoms with Crippen molar-refractivity contribution in [3.8, 4) is 6.07 Å². The second kappa shape index (κ2) is 3.31. The van der Waals surface area contributed by atoms with Crippen LogP contribution in [0.25, 0.3) is 10.9 Å². The fourth-order valence-corrected chi connectivity index (χ4v) is 2.28. The molecule has 78 valence electrons. The van der Waals surface area contributed by atoms with Crippen LogP contribution in [0.4, 0.5) is 0 Å². The van der Waals surface area contributed by atoms with Gasteiger partial charge in [0.25, 0.3) is 0 Å². The largest absolute Gasteiger partial charge is 0.256 e. The topological polar surface area (TPSA) is 36.7 Å². The molecule has 0 N–H and O–H groups in total. The first-order chi connectivity index (χ1) is 7.84. The van der Waals surface area contributed by atoms with Gasteiger partial charge in [0.05, 0.1) is 11.6 Å². The zero-order valence-electron chi connectivity index (χ0n) is 8.98. The molecular weight excluding hydrogens is 196 g/mol. The monoisotopic (exact) mass is 208 g/mol. The molecule has 0 bridgehead atoms. The summed E-state index contributed by atoms with van der Waals surface area (Å²) < 4.78 is 0. The fraction of sp³-hybridized carbons (Fsp3) is 0.286. The van der Waals surface area contributed by atoms with Crippen LogP contribution in [0.2, 0.25) is 0 Å². The molecule has 1 saturated carbocycles. The molecule has 3 rings (SSSR count). The summed E-state index contributed by atoms with van der Waals surface area (Å²) in [7, 11) is 0. The second-order valence-corrected chi connectivity index (χ2v) is 4.53. The van der Waals surface area contributed by atoms with Crippen molar-refractivity contribution < 1.29 is 0 Å². The van der Waals surface area contributed by atoms with Gasteiger partial charge in [-0.1, -0.05) is 12.1 Å². The van der Waals surface area contributed by atoms with Crippen LogP contribution >= 0.6 is 0 Å². The van der Waals surface area contributed by atoms with Crippen LogP contribution in [-0.2, 0) is 5.41 Å². The molecule has 1 heterocycles. The van der Waals surface area contributed by atoms with Crippen LogP contribution in [-0.4, -0.2) is 4.98 Å². The number of hydrogen-bond acceptors (Lipinski definition) is 2. The Morgan fingerprint density at radius 3 is 2.94 bits per heavy atom. The van der Waals surface area contributed by atoms with E-state index in [1.807, 2.05) is 12.3 Å². The first kappa shape index (κ1) is 9.35. The summed E-state index contributed by atoms with van der Waals surface area (Å²) in [5.41, 5.74) is 2.48. The van der Waals surface area contributed by atoms with Gasteiger partial charge in [0.15, 0.2) is 0 Å². The lowest BCUT2D eigenvalue weighted by Crippen LogP contribution is -2.04. The van der Waals surface area contributed by atoms with Gasteiger partial charge in [0.2, 0.25) is 0 Å². The predicted octanol–water partition coefficient (Wildman–Crippen LogP) is 3.18. The molecule has 2 nitrogen and oxygen atoms in total. The Hall–Kier alpha value is -1.88. The van der Waals surface area contributed by atoms with E-state index in [9.17, 15) is 0 Å². The molecule has 1 aromatic carbocycles. The van der Waals surface area contributed by atoms with Crippen LogP contribution in [0, 0.1) is 11.3 Å². The summed E-state index contributed by atoms with van der Waals surface area (Å²) >= 11 is 0. The fourth-order valence-electron chi connectivity index (χ4n) is 2.28. The molecule has 1 aromatic heterocycles. The van der Waals surface area contributed by atoms with Crippen LogP contribution < -0.4 is 0 Å². The Morgan fingerprint density at radius 2 is 2.19 bits per heavy atom. The molecule has 0 saturated heterocycles. The average molecular weight is 208 g/mol. The van der Waals surface area contributed by atoms with Gasteiger partial charge in [0, 0.05) is 23.4 Å². The first-order valence-corrected chi connectivity index (χ1v) is 5.56. The second-order valence-electron chi connectivity index (χ2n) is 4.53. The third-order valence-electron chi connectivity index (χ3n) is 3.49. The van der Waals surface area contributed by atoms with Gasteiger partial charge in [-0.05, 0) is 36.6 Å². The average Bonchev–Trinajstić information content (AvgIpc) is 3.10. The van der Waals surface area contributed by atoms with Crippen molar-refractivity contribution in [3.05, 3.63) is 42.1 Å². The van der Waals surface area contributed by atoms with E-state index >= 15 is 0 Å². The SMILES string of the molecule is N#CCC1(c2ccc3ncccc3c2)CC1. The molecule has 1 aliphatic rings. The molecule has 0 unspecified atom stereocenters. The molecule has 2 aromatic rings. The predicted molar refractivity (Wildman–Crippen MR) is 62.9 cm³/mol. The number of aromatic nitrogens is 1. The van der Waals surface area contributed by atoms with E-state index < -0.39 is 0 Å². The molecule has 1 fully saturated rings. The summed E-state index contributed by atoms with van der Waals surface area (Å²) in [4.78, 5) is 4.31. The number of nitrogens with zero attached hydrogens (tertiary/aromatic N) is 2. The maximum Gasteiger partial charge on any atom is 0.0702 e. The minimum absolute atomic E-state index is 0.152. The lowest BCUT2D eigenvalue weighted by Gasteiger charge is -2.11. The van der Waals surface area contributed by atoms with Crippen LogP contribution in [0.1, 0.15) is 24.8 Å². The smallest absolute Gasteiger partial charge is 0.0702 e. The minimum Gasteiger partial charge on any atom is -0.256 e. The number of pyridine rings is 1. The highest BCUT2D eigenvalue weighted by molar-refractivity contribution is 5.79. The highest BCUT2D eigenvalue weighted by atomic mass is 14.6. The van der Waals surface area contributed by atoms with Crippen LogP contribution in [0.3, 0.4) is 0 Å². The van der Waals surface area contributed by atoms with Crippen LogP contribution in [0.15, 0.2) is 36.5 Å². The van der Waals surface area contributed by atoms with Crippen molar-refractivity contribution in [2.45, 2.75) is 24.7 Å². The molecular formula is C14H12N2. The molecule has 0 radical (unpaired) electrons. The van der Waals surface area contributed by atoms with E-state index in [2.05, 4.69) is 35.3 Å². The molecule has 0 amide bonds. The number of benzene rings is 1. The molecule has 0 aliphatic heterocycles. The Morgan fingerprint density at radius 1 is 1.31 bits per heavy atom. The van der Waals surface area contributed by atoms with Crippen molar-refractivity contribution in [2.75, 3.05) is 0 Å². The summed E-state index contributed by atoms with van der Waals surface area (Å²) in [5.74, 6) is 0. The van der Waals surface area contributed by atoms with Gasteiger partial charge in [0.1, 0.15) is 0 Å². The maximum atomic E-state index is 8.85. The summed E-state index contributed by atoms with van der Waals surface area (Å²) in [6.07, 6.45) is 4.74. The summed E-state index contributed by atoms with van der Waals surface area (Å²) in [6, 6.07) is 12.7. The van der Waals surface area contributed by atoms with Gasteiger partial charge in [-0.25, -0.2) is 0 Å². The van der Waals surface area contributed by atoms with Gasteiger partial charge in [-0.3, -0.25) is 4.98 Å². The highest BCUT2D eigenvalue weighted by Gasteiger charge is 2.43. The van der Waals surface area contributed by atoms with E-state index in [1.165, 1.54) is 10.9 Å². The van der Waals surface area contributed by atoms with E-state index in [0.717, 1.165) is 18.4 Å². The zero-order chi connectivity index (χ0) is 11.0. The van der Waals surface area contributed by atoms with E-state index in [-0.39, 0.29) is 5.41 Å². The lowest BCUT2D eigenvalue weighted by molar-refractivity contribution is 0.716. The third kappa shape index (κ3) is 1.37. The van der Waals surface area contributed by atoms with Crippen molar-refractivity contribution in [1.82, 2.24) is 4.98 Å². The Labute approximate surface area is 94.5 Å². The van der Waals surface area contributed by atoms with Crippen molar-refractivity contribution >= 4 is 10.9 Å². The van der Waals surface area contributed by atoms with Crippen molar-refractivity contribution in [1.29, 1.82) is 5.26 Å². The quantitative estimate of drug-likeness (QED) is 0.760. The normalized spacial score (nSPS) is 16.9. The minimum atomic E-state index is 0.152. The van der Waals surface area contributed by atoms with E-state index in [0.29, 0.717) is 6.42 Å². The van der Waals surface area contributed by atoms with Crippen molar-refractivity contribution in [2.24, 2.45) is 0 Å². The van der Waals surface area contributed by atoms with Gasteiger partial charge >= 0.3 is 0 Å². The standard InChI is InChI=1S/C14H12N2/c15-8-7-14(5-6-14)12-3-4-13-11(10-12)2-1-9-16-13/h1-4,9-10H,5-7H2. The number of rotatable bonds is 2. The van der Waals surface area contributed by atoms with Crippen LogP contribution in [0.5, 0.6) is 0 Å². The molecule has 0 atom stereocenters. The first-order valence-electron chi connectivity index (χ1n) is 5.56. The zero-order valence-corrected chi connectivity index (χ0v) is 8.98. The molecule has 16 heavy (non-hydrogen) atoms. The number of hydrogen-bond donors (Lipinski definition) is 0. The highest BCUT2D eigenvalue weighted by Crippen LogP contribution is 2.51. The lowest BCUT2D eigenvalue weighted by atomic mass is 9.92. The summed E-state index contributed by atoms with van der Waals surface area (Å²) in [5, 5.41) is 10.0. The van der Waals surface area contributed by atoms with Gasteiger partial charge in [-0.2, -0.15) is 5.26 Å². The summed E-state index contributed by atoms with van der Waals surface area (Å²) in [6.45, 7) is 0. The number of fused-ring (bicyclic) bond motifs is 1. The molecule has 1 aliphatic carbocycles. The Kier molecular flexibility index (Phi) is 1.94. The Balaban J connectivity index is 2.09. The number of nitriles is 1. The molecule has 0 spiro atoms. The maximum absolute atomic E-state index is 8.85. The van der Waals surface area contributed by atoms with Crippen molar-refractivity contribution in [3.63, 3.8) is 0 Å². The van der Waals surface area contributed by atoms with E-state index in [1.54, 1.807) is 0 Å². The molecule has 2 heteroatoms. The Bertz CT molecular complexity index is 577. The van der Waals surface area contributed by atoms with E-state index in [4.69, 9.17) is 5.26 Å². The van der Waals surface area contributed by atoms with Gasteiger partial charge in [-0.15, -0.1) is 0 Å². The third-order valence-corrected chi connectivity index (χ3v) is 3.49.